The molecule has 0 radical (unpaired) electrons. The van der Waals surface area contributed by atoms with E-state index in [0.717, 1.165) is 17.6 Å². The Hall–Kier alpha value is -0.220. The van der Waals surface area contributed by atoms with Crippen molar-refractivity contribution in [1.29, 1.82) is 0 Å². The quantitative estimate of drug-likeness (QED) is 0.821. The number of amidine groups is 1. The third-order valence-corrected chi connectivity index (χ3v) is 5.60. The van der Waals surface area contributed by atoms with Crippen molar-refractivity contribution in [2.75, 3.05) is 12.3 Å². The number of rotatable bonds is 2. The van der Waals surface area contributed by atoms with Crippen LogP contribution in [0.3, 0.4) is 0 Å². The van der Waals surface area contributed by atoms with Crippen LogP contribution in [0.25, 0.3) is 0 Å². The molecule has 3 saturated heterocycles. The van der Waals surface area contributed by atoms with Crippen LogP contribution in [0.2, 0.25) is 0 Å². The fourth-order valence-corrected chi connectivity index (χ4v) is 4.10. The molecule has 3 rings (SSSR count). The Morgan fingerprint density at radius 3 is 2.94 bits per heavy atom. The van der Waals surface area contributed by atoms with Crippen LogP contribution in [0.1, 0.15) is 33.1 Å². The summed E-state index contributed by atoms with van der Waals surface area (Å²) in [7, 11) is 0. The van der Waals surface area contributed by atoms with Crippen LogP contribution in [0.4, 0.5) is 0 Å². The highest BCUT2D eigenvalue weighted by Gasteiger charge is 2.40. The van der Waals surface area contributed by atoms with Crippen molar-refractivity contribution in [3.05, 3.63) is 0 Å². The van der Waals surface area contributed by atoms with Crippen LogP contribution in [-0.2, 0) is 4.74 Å². The van der Waals surface area contributed by atoms with Crippen molar-refractivity contribution >= 4 is 16.9 Å². The van der Waals surface area contributed by atoms with E-state index in [2.05, 4.69) is 19.2 Å². The minimum Gasteiger partial charge on any atom is -0.375 e. The Bertz CT molecular complexity index is 321. The molecular formula is C13H22N2OS. The Labute approximate surface area is 108 Å². The van der Waals surface area contributed by atoms with Crippen LogP contribution in [0.15, 0.2) is 4.99 Å². The van der Waals surface area contributed by atoms with Crippen LogP contribution in [0.5, 0.6) is 0 Å². The van der Waals surface area contributed by atoms with Gasteiger partial charge in [-0.05, 0) is 32.1 Å². The van der Waals surface area contributed by atoms with E-state index in [1.807, 2.05) is 11.8 Å². The highest BCUT2D eigenvalue weighted by atomic mass is 32.2. The minimum atomic E-state index is 0.509. The lowest BCUT2D eigenvalue weighted by atomic mass is 9.89. The number of hydrogen-bond acceptors (Lipinski definition) is 3. The summed E-state index contributed by atoms with van der Waals surface area (Å²) < 4.78 is 5.87. The lowest BCUT2D eigenvalue weighted by molar-refractivity contribution is 0.0937. The Balaban J connectivity index is 1.53. The number of ether oxygens (including phenoxy) is 1. The van der Waals surface area contributed by atoms with Crippen LogP contribution in [0, 0.1) is 11.8 Å². The van der Waals surface area contributed by atoms with Gasteiger partial charge in [0, 0.05) is 24.3 Å². The van der Waals surface area contributed by atoms with Gasteiger partial charge in [0.25, 0.3) is 0 Å². The molecule has 5 unspecified atom stereocenters. The van der Waals surface area contributed by atoms with Gasteiger partial charge < -0.3 is 10.1 Å². The fourth-order valence-electron chi connectivity index (χ4n) is 2.96. The maximum absolute atomic E-state index is 5.87. The van der Waals surface area contributed by atoms with Gasteiger partial charge in [-0.25, -0.2) is 0 Å². The maximum Gasteiger partial charge on any atom is 0.156 e. The number of thioether (sulfide) groups is 1. The van der Waals surface area contributed by atoms with Crippen molar-refractivity contribution in [2.24, 2.45) is 16.8 Å². The first kappa shape index (κ1) is 11.8. The van der Waals surface area contributed by atoms with E-state index < -0.39 is 0 Å². The molecule has 5 atom stereocenters. The van der Waals surface area contributed by atoms with E-state index in [1.54, 1.807) is 0 Å². The number of nitrogens with one attached hydrogen (secondary N) is 1. The standard InChI is InChI=1S/C13H22N2OS/c1-8-7-17-13(15-9(8)2)14-6-10-5-11-3-4-12(10)16-11/h8-12H,3-7H2,1-2H3,(H,14,15). The van der Waals surface area contributed by atoms with Crippen molar-refractivity contribution in [1.82, 2.24) is 5.32 Å². The molecule has 4 heteroatoms. The molecule has 0 amide bonds. The lowest BCUT2D eigenvalue weighted by Crippen LogP contribution is -2.41. The van der Waals surface area contributed by atoms with Crippen molar-refractivity contribution in [2.45, 2.75) is 51.4 Å². The van der Waals surface area contributed by atoms with E-state index >= 15 is 0 Å². The van der Waals surface area contributed by atoms with E-state index in [9.17, 15) is 0 Å². The van der Waals surface area contributed by atoms with Crippen molar-refractivity contribution < 1.29 is 4.74 Å². The predicted octanol–water partition coefficient (Wildman–Crippen LogP) is 2.27. The summed E-state index contributed by atoms with van der Waals surface area (Å²) in [5.41, 5.74) is 0. The Morgan fingerprint density at radius 2 is 2.29 bits per heavy atom. The van der Waals surface area contributed by atoms with Gasteiger partial charge in [-0.3, -0.25) is 4.99 Å². The lowest BCUT2D eigenvalue weighted by Gasteiger charge is -2.28. The molecule has 0 aliphatic carbocycles. The maximum atomic E-state index is 5.87. The Morgan fingerprint density at radius 1 is 1.41 bits per heavy atom. The molecule has 0 aromatic carbocycles. The highest BCUT2D eigenvalue weighted by Crippen LogP contribution is 2.38. The second-order valence-electron chi connectivity index (χ2n) is 5.74. The first-order valence-corrected chi connectivity index (χ1v) is 7.80. The van der Waals surface area contributed by atoms with E-state index in [1.165, 1.54) is 25.0 Å². The molecule has 3 aliphatic heterocycles. The summed E-state index contributed by atoms with van der Waals surface area (Å²) in [5, 5.41) is 4.66. The average Bonchev–Trinajstić information content (AvgIpc) is 2.92. The number of hydrogen-bond donors (Lipinski definition) is 1. The Kier molecular flexibility index (Phi) is 3.35. The van der Waals surface area contributed by atoms with E-state index in [4.69, 9.17) is 9.73 Å². The van der Waals surface area contributed by atoms with Gasteiger partial charge in [0.1, 0.15) is 0 Å². The summed E-state index contributed by atoms with van der Waals surface area (Å²) in [6.45, 7) is 5.50. The minimum absolute atomic E-state index is 0.509. The third-order valence-electron chi connectivity index (χ3n) is 4.39. The van der Waals surface area contributed by atoms with Gasteiger partial charge in [0.05, 0.1) is 12.2 Å². The fraction of sp³-hybridized carbons (Fsp3) is 0.923. The molecule has 0 aromatic heterocycles. The number of aliphatic imine (C=N–C) groups is 1. The predicted molar refractivity (Wildman–Crippen MR) is 72.5 cm³/mol. The topological polar surface area (TPSA) is 33.6 Å². The van der Waals surface area contributed by atoms with E-state index in [0.29, 0.717) is 24.2 Å². The molecule has 17 heavy (non-hydrogen) atoms. The molecule has 3 aliphatic rings. The number of nitrogens with zero attached hydrogens (tertiary/aromatic N) is 1. The molecular weight excluding hydrogens is 232 g/mol. The first-order valence-electron chi connectivity index (χ1n) is 6.81. The summed E-state index contributed by atoms with van der Waals surface area (Å²) in [6, 6.07) is 0.561. The monoisotopic (exact) mass is 254 g/mol. The number of fused-ring (bicyclic) bond motifs is 2. The highest BCUT2D eigenvalue weighted by molar-refractivity contribution is 8.13. The van der Waals surface area contributed by atoms with Gasteiger partial charge in [-0.15, -0.1) is 0 Å². The molecule has 2 bridgehead atoms. The second-order valence-corrected chi connectivity index (χ2v) is 6.75. The molecule has 3 fully saturated rings. The molecule has 3 nitrogen and oxygen atoms in total. The van der Waals surface area contributed by atoms with Crippen molar-refractivity contribution in [3.63, 3.8) is 0 Å². The van der Waals surface area contributed by atoms with Crippen LogP contribution < -0.4 is 5.32 Å². The largest absolute Gasteiger partial charge is 0.375 e. The summed E-state index contributed by atoms with van der Waals surface area (Å²) in [6.07, 6.45) is 4.83. The van der Waals surface area contributed by atoms with Gasteiger partial charge in [0.2, 0.25) is 0 Å². The summed E-state index contributed by atoms with van der Waals surface area (Å²) in [5.74, 6) is 2.61. The van der Waals surface area contributed by atoms with Gasteiger partial charge in [-0.1, -0.05) is 18.7 Å². The van der Waals surface area contributed by atoms with Crippen LogP contribution in [-0.4, -0.2) is 35.7 Å². The zero-order valence-electron chi connectivity index (χ0n) is 10.7. The SMILES string of the molecule is CC1CSC(=NCC2CC3CCC2O3)NC1C. The zero-order chi connectivity index (χ0) is 11.8. The molecule has 96 valence electrons. The molecule has 3 heterocycles. The normalized spacial score (nSPS) is 47.4. The molecule has 0 spiro atoms. The van der Waals surface area contributed by atoms with Crippen LogP contribution >= 0.6 is 11.8 Å². The summed E-state index contributed by atoms with van der Waals surface area (Å²) in [4.78, 5) is 4.76. The smallest absolute Gasteiger partial charge is 0.156 e. The van der Waals surface area contributed by atoms with Gasteiger partial charge in [0.15, 0.2) is 5.17 Å². The summed E-state index contributed by atoms with van der Waals surface area (Å²) >= 11 is 1.88. The molecule has 1 N–H and O–H groups in total. The average molecular weight is 254 g/mol. The van der Waals surface area contributed by atoms with Gasteiger partial charge in [-0.2, -0.15) is 0 Å². The second kappa shape index (κ2) is 4.81. The first-order chi connectivity index (χ1) is 8.22. The molecule has 0 aromatic rings. The van der Waals surface area contributed by atoms with Crippen molar-refractivity contribution in [3.8, 4) is 0 Å². The zero-order valence-corrected chi connectivity index (χ0v) is 11.5. The molecule has 0 saturated carbocycles. The third kappa shape index (κ3) is 2.48. The van der Waals surface area contributed by atoms with E-state index in [-0.39, 0.29) is 0 Å². The van der Waals surface area contributed by atoms with Gasteiger partial charge >= 0.3 is 0 Å².